The van der Waals surface area contributed by atoms with Gasteiger partial charge in [0.1, 0.15) is 23.3 Å². The molecule has 1 aliphatic carbocycles. The number of nitriles is 1. The van der Waals surface area contributed by atoms with Crippen molar-refractivity contribution in [3.63, 3.8) is 0 Å². The van der Waals surface area contributed by atoms with Gasteiger partial charge in [0.2, 0.25) is 0 Å². The molecule has 3 rings (SSSR count). The first kappa shape index (κ1) is 21.4. The van der Waals surface area contributed by atoms with Crippen LogP contribution in [0.1, 0.15) is 88.2 Å². The van der Waals surface area contributed by atoms with E-state index in [0.717, 1.165) is 36.5 Å². The summed E-state index contributed by atoms with van der Waals surface area (Å²) in [5.74, 6) is -0.185. The second-order valence-electron chi connectivity index (χ2n) is 8.19. The highest BCUT2D eigenvalue weighted by atomic mass is 19.1. The number of nitrogens with zero attached hydrogens (tertiary/aromatic N) is 3. The molecule has 0 N–H and O–H groups in total. The van der Waals surface area contributed by atoms with Crippen molar-refractivity contribution >= 4 is 0 Å². The minimum Gasteiger partial charge on any atom is -0.236 e. The maximum Gasteiger partial charge on any atom is 0.159 e. The van der Waals surface area contributed by atoms with Crippen molar-refractivity contribution in [1.82, 2.24) is 9.97 Å². The Bertz CT molecular complexity index is 811. The molecule has 0 spiro atoms. The molecule has 1 fully saturated rings. The fraction of sp³-hybridized carbons (Fsp3) is 0.542. The van der Waals surface area contributed by atoms with Gasteiger partial charge in [-0.05, 0) is 55.2 Å². The van der Waals surface area contributed by atoms with Crippen LogP contribution in [0, 0.1) is 28.9 Å². The van der Waals surface area contributed by atoms with Gasteiger partial charge in [-0.15, -0.1) is 0 Å². The first-order valence-electron chi connectivity index (χ1n) is 10.8. The Kier molecular flexibility index (Phi) is 7.69. The predicted octanol–water partition coefficient (Wildman–Crippen LogP) is 6.93. The first-order valence-corrected chi connectivity index (χ1v) is 10.8. The van der Waals surface area contributed by atoms with Crippen molar-refractivity contribution in [3.8, 4) is 17.5 Å². The van der Waals surface area contributed by atoms with Crippen molar-refractivity contribution in [3.05, 3.63) is 47.3 Å². The molecule has 0 aliphatic heterocycles. The van der Waals surface area contributed by atoms with Gasteiger partial charge in [-0.25, -0.2) is 18.7 Å². The number of rotatable bonds is 8. The number of halogens is 2. The molecule has 1 aliphatic rings. The van der Waals surface area contributed by atoms with E-state index in [0.29, 0.717) is 5.92 Å². The van der Waals surface area contributed by atoms with Crippen LogP contribution in [0.3, 0.4) is 0 Å². The van der Waals surface area contributed by atoms with Crippen molar-refractivity contribution in [2.45, 2.75) is 77.0 Å². The summed E-state index contributed by atoms with van der Waals surface area (Å²) in [6.07, 6.45) is 16.5. The van der Waals surface area contributed by atoms with Gasteiger partial charge in [0, 0.05) is 18.0 Å². The fourth-order valence-electron chi connectivity index (χ4n) is 4.33. The molecule has 3 nitrogen and oxygen atoms in total. The van der Waals surface area contributed by atoms with Crippen LogP contribution in [0.2, 0.25) is 0 Å². The summed E-state index contributed by atoms with van der Waals surface area (Å²) < 4.78 is 27.7. The van der Waals surface area contributed by atoms with Crippen molar-refractivity contribution < 1.29 is 8.78 Å². The van der Waals surface area contributed by atoms with E-state index < -0.39 is 17.2 Å². The molecule has 0 atom stereocenters. The molecule has 1 aromatic carbocycles. The number of hydrogen-bond acceptors (Lipinski definition) is 3. The lowest BCUT2D eigenvalue weighted by Gasteiger charge is -2.28. The Morgan fingerprint density at radius 1 is 0.966 bits per heavy atom. The van der Waals surface area contributed by atoms with Gasteiger partial charge in [-0.2, -0.15) is 5.26 Å². The molecule has 0 bridgehead atoms. The topological polar surface area (TPSA) is 49.6 Å². The summed E-state index contributed by atoms with van der Waals surface area (Å²) in [5.41, 5.74) is 0.773. The summed E-state index contributed by atoms with van der Waals surface area (Å²) in [7, 11) is 0. The average molecular weight is 398 g/mol. The molecule has 0 amide bonds. The van der Waals surface area contributed by atoms with E-state index in [-0.39, 0.29) is 11.4 Å². The van der Waals surface area contributed by atoms with Gasteiger partial charge in [0.05, 0.1) is 0 Å². The molecule has 154 valence electrons. The predicted molar refractivity (Wildman–Crippen MR) is 110 cm³/mol. The quantitative estimate of drug-likeness (QED) is 0.454. The normalized spacial score (nSPS) is 19.1. The molecule has 0 saturated heterocycles. The van der Waals surface area contributed by atoms with Crippen molar-refractivity contribution in [1.29, 1.82) is 5.26 Å². The molecule has 2 aromatic rings. The lowest BCUT2D eigenvalue weighted by atomic mass is 9.77. The van der Waals surface area contributed by atoms with Crippen LogP contribution in [0.5, 0.6) is 0 Å². The molecule has 1 heterocycles. The Balaban J connectivity index is 1.55. The van der Waals surface area contributed by atoms with E-state index in [4.69, 9.17) is 5.26 Å². The molecule has 29 heavy (non-hydrogen) atoms. The van der Waals surface area contributed by atoms with Gasteiger partial charge >= 0.3 is 0 Å². The Labute approximate surface area is 172 Å². The first-order chi connectivity index (χ1) is 14.1. The highest BCUT2D eigenvalue weighted by molar-refractivity contribution is 5.57. The maximum atomic E-state index is 13.8. The van der Waals surface area contributed by atoms with Crippen LogP contribution in [0.15, 0.2) is 24.5 Å². The SMILES string of the molecule is CCCCCCC[C@H]1CC[C@H](c2cnc(-c3cc(F)c(C#N)c(F)c3)nc2)CC1. The number of aromatic nitrogens is 2. The molecule has 0 unspecified atom stereocenters. The molecular formula is C24H29F2N3. The summed E-state index contributed by atoms with van der Waals surface area (Å²) in [6.45, 7) is 2.25. The van der Waals surface area contributed by atoms with Crippen LogP contribution in [0.4, 0.5) is 8.78 Å². The fourth-order valence-corrected chi connectivity index (χ4v) is 4.33. The van der Waals surface area contributed by atoms with Gasteiger partial charge in [-0.3, -0.25) is 0 Å². The van der Waals surface area contributed by atoms with Crippen molar-refractivity contribution in [2.75, 3.05) is 0 Å². The minimum absolute atomic E-state index is 0.248. The second-order valence-corrected chi connectivity index (χ2v) is 8.19. The maximum absolute atomic E-state index is 13.8. The van der Waals surface area contributed by atoms with E-state index >= 15 is 0 Å². The van der Waals surface area contributed by atoms with E-state index in [9.17, 15) is 8.78 Å². The van der Waals surface area contributed by atoms with E-state index in [1.165, 1.54) is 57.4 Å². The van der Waals surface area contributed by atoms with Crippen LogP contribution < -0.4 is 0 Å². The lowest BCUT2D eigenvalue weighted by molar-refractivity contribution is 0.301. The van der Waals surface area contributed by atoms with Crippen LogP contribution in [-0.4, -0.2) is 9.97 Å². The lowest BCUT2D eigenvalue weighted by Crippen LogP contribution is -2.14. The van der Waals surface area contributed by atoms with E-state index in [1.54, 1.807) is 12.4 Å². The monoisotopic (exact) mass is 397 g/mol. The zero-order valence-corrected chi connectivity index (χ0v) is 17.1. The summed E-state index contributed by atoms with van der Waals surface area (Å²) in [4.78, 5) is 8.66. The zero-order valence-electron chi connectivity index (χ0n) is 17.1. The van der Waals surface area contributed by atoms with Crippen LogP contribution in [0.25, 0.3) is 11.4 Å². The Morgan fingerprint density at radius 2 is 1.59 bits per heavy atom. The molecular weight excluding hydrogens is 368 g/mol. The number of unbranched alkanes of at least 4 members (excludes halogenated alkanes) is 4. The standard InChI is InChI=1S/C24H29F2N3/c1-2-3-4-5-6-7-17-8-10-18(11-9-17)20-15-28-24(29-16-20)19-12-22(25)21(14-27)23(26)13-19/h12-13,15-18H,2-11H2,1H3/t17-,18-. The van der Waals surface area contributed by atoms with Gasteiger partial charge in [0.25, 0.3) is 0 Å². The second kappa shape index (κ2) is 10.4. The molecule has 1 saturated carbocycles. The highest BCUT2D eigenvalue weighted by Gasteiger charge is 2.23. The Morgan fingerprint density at radius 3 is 2.17 bits per heavy atom. The van der Waals surface area contributed by atoms with Crippen LogP contribution >= 0.6 is 0 Å². The zero-order chi connectivity index (χ0) is 20.6. The average Bonchev–Trinajstić information content (AvgIpc) is 2.74. The smallest absolute Gasteiger partial charge is 0.159 e. The number of hydrogen-bond donors (Lipinski definition) is 0. The largest absolute Gasteiger partial charge is 0.236 e. The summed E-state index contributed by atoms with van der Waals surface area (Å²) >= 11 is 0. The van der Waals surface area contributed by atoms with Crippen molar-refractivity contribution in [2.24, 2.45) is 5.92 Å². The van der Waals surface area contributed by atoms with E-state index in [2.05, 4.69) is 16.9 Å². The third-order valence-corrected chi connectivity index (χ3v) is 6.12. The number of benzene rings is 1. The van der Waals surface area contributed by atoms with Gasteiger partial charge in [0.15, 0.2) is 5.82 Å². The van der Waals surface area contributed by atoms with E-state index in [1.807, 2.05) is 0 Å². The third-order valence-electron chi connectivity index (χ3n) is 6.12. The van der Waals surface area contributed by atoms with Crippen LogP contribution in [-0.2, 0) is 0 Å². The third kappa shape index (κ3) is 5.59. The van der Waals surface area contributed by atoms with Gasteiger partial charge in [-0.1, -0.05) is 45.4 Å². The minimum atomic E-state index is -0.886. The van der Waals surface area contributed by atoms with Gasteiger partial charge < -0.3 is 0 Å². The summed E-state index contributed by atoms with van der Waals surface area (Å²) in [6, 6.07) is 3.76. The molecule has 0 radical (unpaired) electrons. The molecule has 5 heteroatoms. The molecule has 1 aromatic heterocycles. The Hall–Kier alpha value is -2.35. The highest BCUT2D eigenvalue weighted by Crippen LogP contribution is 2.37. The summed E-state index contributed by atoms with van der Waals surface area (Å²) in [5, 5.41) is 8.78.